The highest BCUT2D eigenvalue weighted by Gasteiger charge is 2.16. The maximum atomic E-state index is 11.5. The van der Waals surface area contributed by atoms with E-state index in [1.165, 1.54) is 0 Å². The van der Waals surface area contributed by atoms with Crippen LogP contribution in [0, 0.1) is 5.92 Å². The Morgan fingerprint density at radius 1 is 1.40 bits per heavy atom. The fraction of sp³-hybridized carbons (Fsp3) is 0.900. The molecule has 90 valence electrons. The van der Waals surface area contributed by atoms with E-state index < -0.39 is 16.8 Å². The Labute approximate surface area is 94.4 Å². The first kappa shape index (κ1) is 14.6. The van der Waals surface area contributed by atoms with Gasteiger partial charge in [-0.2, -0.15) is 0 Å². The van der Waals surface area contributed by atoms with Gasteiger partial charge in [0, 0.05) is 28.9 Å². The van der Waals surface area contributed by atoms with Gasteiger partial charge in [-0.25, -0.2) is 0 Å². The van der Waals surface area contributed by atoms with Crippen LogP contribution in [0.3, 0.4) is 0 Å². The van der Waals surface area contributed by atoms with Gasteiger partial charge in [0.15, 0.2) is 0 Å². The number of hydrogen-bond acceptors (Lipinski definition) is 3. The van der Waals surface area contributed by atoms with E-state index in [4.69, 9.17) is 5.73 Å². The maximum absolute atomic E-state index is 11.5. The van der Waals surface area contributed by atoms with E-state index in [1.54, 1.807) is 6.26 Å². The van der Waals surface area contributed by atoms with Gasteiger partial charge in [0.2, 0.25) is 5.91 Å². The molecule has 0 rings (SSSR count). The normalized spacial score (nSPS) is 17.2. The molecule has 5 heteroatoms. The van der Waals surface area contributed by atoms with Crippen LogP contribution in [0.2, 0.25) is 0 Å². The van der Waals surface area contributed by atoms with Gasteiger partial charge in [0.05, 0.1) is 6.04 Å². The summed E-state index contributed by atoms with van der Waals surface area (Å²) >= 11 is 0. The van der Waals surface area contributed by atoms with Crippen LogP contribution < -0.4 is 11.1 Å². The number of hydrogen-bond donors (Lipinski definition) is 2. The summed E-state index contributed by atoms with van der Waals surface area (Å²) in [5.41, 5.74) is 5.69. The number of nitrogens with two attached hydrogens (primary N) is 1. The second-order valence-electron chi connectivity index (χ2n) is 4.29. The number of amides is 1. The average molecular weight is 234 g/mol. The lowest BCUT2D eigenvalue weighted by atomic mass is 10.0. The maximum Gasteiger partial charge on any atom is 0.236 e. The van der Waals surface area contributed by atoms with E-state index in [2.05, 4.69) is 5.32 Å². The van der Waals surface area contributed by atoms with Crippen molar-refractivity contribution >= 4 is 16.7 Å². The first-order valence-corrected chi connectivity index (χ1v) is 6.82. The molecule has 3 N–H and O–H groups in total. The van der Waals surface area contributed by atoms with Crippen LogP contribution in [-0.2, 0) is 15.6 Å². The molecule has 0 bridgehead atoms. The first-order valence-electron chi connectivity index (χ1n) is 5.20. The summed E-state index contributed by atoms with van der Waals surface area (Å²) in [6.45, 7) is 6.31. The summed E-state index contributed by atoms with van der Waals surface area (Å²) in [5.74, 6) is 0.254. The lowest BCUT2D eigenvalue weighted by Crippen LogP contribution is -2.44. The second-order valence-corrected chi connectivity index (χ2v) is 6.09. The van der Waals surface area contributed by atoms with Crippen molar-refractivity contribution in [2.75, 3.05) is 12.8 Å². The van der Waals surface area contributed by atoms with Gasteiger partial charge in [-0.3, -0.25) is 9.00 Å². The number of rotatable bonds is 6. The number of carbonyl (C=O) groups is 1. The van der Waals surface area contributed by atoms with E-state index in [-0.39, 0.29) is 11.2 Å². The molecule has 0 aliphatic carbocycles. The quantitative estimate of drug-likeness (QED) is 0.691. The molecule has 0 aromatic rings. The molecule has 0 spiro atoms. The van der Waals surface area contributed by atoms with E-state index in [1.807, 2.05) is 20.8 Å². The van der Waals surface area contributed by atoms with Crippen LogP contribution in [0.1, 0.15) is 27.2 Å². The molecule has 0 fully saturated rings. The Morgan fingerprint density at radius 3 is 2.33 bits per heavy atom. The molecule has 15 heavy (non-hydrogen) atoms. The Balaban J connectivity index is 3.88. The Morgan fingerprint density at radius 2 is 1.93 bits per heavy atom. The van der Waals surface area contributed by atoms with Crippen molar-refractivity contribution in [1.82, 2.24) is 5.32 Å². The molecule has 0 saturated carbocycles. The minimum atomic E-state index is -0.906. The second kappa shape index (κ2) is 6.95. The monoisotopic (exact) mass is 234 g/mol. The van der Waals surface area contributed by atoms with Gasteiger partial charge >= 0.3 is 0 Å². The lowest BCUT2D eigenvalue weighted by molar-refractivity contribution is -0.122. The van der Waals surface area contributed by atoms with Crippen molar-refractivity contribution in [2.24, 2.45) is 11.7 Å². The summed E-state index contributed by atoms with van der Waals surface area (Å²) in [7, 11) is -0.906. The third kappa shape index (κ3) is 6.62. The van der Waals surface area contributed by atoms with Crippen LogP contribution in [0.5, 0.6) is 0 Å². The van der Waals surface area contributed by atoms with Crippen molar-refractivity contribution in [1.29, 1.82) is 0 Å². The molecule has 2 unspecified atom stereocenters. The predicted octanol–water partition coefficient (Wildman–Crippen LogP) is 0.243. The zero-order valence-corrected chi connectivity index (χ0v) is 10.8. The SMILES string of the molecule is CC(C)C[C@H](N)C(=O)NCC(C)S(C)=O. The van der Waals surface area contributed by atoms with Crippen LogP contribution in [-0.4, -0.2) is 34.2 Å². The van der Waals surface area contributed by atoms with E-state index in [0.717, 1.165) is 0 Å². The Kier molecular flexibility index (Phi) is 6.76. The third-order valence-corrected chi connectivity index (χ3v) is 3.49. The molecule has 3 atom stereocenters. The zero-order chi connectivity index (χ0) is 12.0. The fourth-order valence-corrected chi connectivity index (χ4v) is 1.43. The summed E-state index contributed by atoms with van der Waals surface area (Å²) < 4.78 is 11.0. The molecule has 0 radical (unpaired) electrons. The summed E-state index contributed by atoms with van der Waals surface area (Å²) in [4.78, 5) is 11.5. The van der Waals surface area contributed by atoms with Crippen molar-refractivity contribution in [2.45, 2.75) is 38.5 Å². The first-order chi connectivity index (χ1) is 6.84. The Bertz CT molecular complexity index is 231. The molecule has 0 heterocycles. The molecular formula is C10H22N2O2S. The highest BCUT2D eigenvalue weighted by atomic mass is 32.2. The van der Waals surface area contributed by atoms with Gasteiger partial charge in [0.1, 0.15) is 0 Å². The highest BCUT2D eigenvalue weighted by Crippen LogP contribution is 2.02. The molecule has 1 amide bonds. The fourth-order valence-electron chi connectivity index (χ4n) is 1.11. The van der Waals surface area contributed by atoms with Crippen molar-refractivity contribution in [3.05, 3.63) is 0 Å². The Hall–Kier alpha value is -0.420. The van der Waals surface area contributed by atoms with Gasteiger partial charge in [-0.05, 0) is 19.3 Å². The van der Waals surface area contributed by atoms with Crippen molar-refractivity contribution < 1.29 is 9.00 Å². The molecular weight excluding hydrogens is 212 g/mol. The number of carbonyl (C=O) groups excluding carboxylic acids is 1. The molecule has 4 nitrogen and oxygen atoms in total. The minimum absolute atomic E-state index is 0.0276. The van der Waals surface area contributed by atoms with Gasteiger partial charge in [-0.1, -0.05) is 13.8 Å². The molecule has 0 aromatic carbocycles. The summed E-state index contributed by atoms with van der Waals surface area (Å²) in [6.07, 6.45) is 2.31. The smallest absolute Gasteiger partial charge is 0.236 e. The van der Waals surface area contributed by atoms with Crippen LogP contribution in [0.25, 0.3) is 0 Å². The van der Waals surface area contributed by atoms with Crippen LogP contribution >= 0.6 is 0 Å². The average Bonchev–Trinajstić information content (AvgIpc) is 2.12. The lowest BCUT2D eigenvalue weighted by Gasteiger charge is -2.15. The van der Waals surface area contributed by atoms with Crippen molar-refractivity contribution in [3.8, 4) is 0 Å². The van der Waals surface area contributed by atoms with Gasteiger partial charge < -0.3 is 11.1 Å². The topological polar surface area (TPSA) is 72.2 Å². The molecule has 0 aliphatic rings. The number of nitrogens with one attached hydrogen (secondary N) is 1. The van der Waals surface area contributed by atoms with E-state index >= 15 is 0 Å². The summed E-state index contributed by atoms with van der Waals surface area (Å²) in [6, 6.07) is -0.456. The minimum Gasteiger partial charge on any atom is -0.354 e. The largest absolute Gasteiger partial charge is 0.354 e. The zero-order valence-electron chi connectivity index (χ0n) is 9.95. The third-order valence-electron chi connectivity index (χ3n) is 2.19. The predicted molar refractivity (Wildman–Crippen MR) is 64.0 cm³/mol. The molecule has 0 aromatic heterocycles. The summed E-state index contributed by atoms with van der Waals surface area (Å²) in [5, 5.41) is 2.68. The van der Waals surface area contributed by atoms with E-state index in [9.17, 15) is 9.00 Å². The molecule has 0 aliphatic heterocycles. The van der Waals surface area contributed by atoms with Gasteiger partial charge in [0.25, 0.3) is 0 Å². The highest BCUT2D eigenvalue weighted by molar-refractivity contribution is 7.84. The molecule has 0 saturated heterocycles. The van der Waals surface area contributed by atoms with E-state index in [0.29, 0.717) is 18.9 Å². The van der Waals surface area contributed by atoms with Crippen LogP contribution in [0.15, 0.2) is 0 Å². The van der Waals surface area contributed by atoms with Gasteiger partial charge in [-0.15, -0.1) is 0 Å². The van der Waals surface area contributed by atoms with Crippen molar-refractivity contribution in [3.63, 3.8) is 0 Å². The standard InChI is InChI=1S/C10H22N2O2S/c1-7(2)5-9(11)10(13)12-6-8(3)15(4)14/h7-9H,5-6,11H2,1-4H3,(H,12,13)/t8?,9-,15?/m0/s1. The van der Waals surface area contributed by atoms with Crippen LogP contribution in [0.4, 0.5) is 0 Å².